The quantitative estimate of drug-likeness (QED) is 0.298. The number of aromatic amines is 1. The lowest BCUT2D eigenvalue weighted by Crippen LogP contribution is -2.38. The van der Waals surface area contributed by atoms with E-state index in [0.717, 1.165) is 5.69 Å². The van der Waals surface area contributed by atoms with Gasteiger partial charge in [0.1, 0.15) is 17.4 Å². The topological polar surface area (TPSA) is 123 Å². The summed E-state index contributed by atoms with van der Waals surface area (Å²) in [5, 5.41) is 0.860. The molecule has 10 nitrogen and oxygen atoms in total. The zero-order valence-corrected chi connectivity index (χ0v) is 24.1. The standard InChI is InChI=1S/C28H26ClFN6O4S/c1-15-6-9-31-28(32-15)40-18-4-5-19(22(29)12-18)20-13-21-24(14-23(20)30)34-27(37)25-26(21)36(16(2)33-25)17-7-10-35(11-8-17)41(3,38)39/h4-6,9,12-14,17H,7-8,10-11H2,1-3H3,(H,34,37). The summed E-state index contributed by atoms with van der Waals surface area (Å²) in [4.78, 5) is 28.6. The van der Waals surface area contributed by atoms with E-state index in [1.54, 1.807) is 36.5 Å². The molecule has 0 saturated carbocycles. The van der Waals surface area contributed by atoms with Crippen molar-refractivity contribution in [3.8, 4) is 22.9 Å². The summed E-state index contributed by atoms with van der Waals surface area (Å²) in [6.07, 6.45) is 3.90. The second kappa shape index (κ2) is 10.2. The molecule has 1 aliphatic rings. The van der Waals surface area contributed by atoms with Gasteiger partial charge in [-0.3, -0.25) is 4.79 Å². The predicted octanol–water partition coefficient (Wildman–Crippen LogP) is 5.13. The molecule has 0 spiro atoms. The molecule has 0 unspecified atom stereocenters. The number of hydrogen-bond donors (Lipinski definition) is 1. The lowest BCUT2D eigenvalue weighted by molar-refractivity contribution is 0.276. The zero-order valence-electron chi connectivity index (χ0n) is 22.5. The molecular formula is C28H26ClFN6O4S. The van der Waals surface area contributed by atoms with Gasteiger partial charge < -0.3 is 14.3 Å². The Balaban J connectivity index is 1.44. The van der Waals surface area contributed by atoms with Crippen molar-refractivity contribution in [2.45, 2.75) is 32.7 Å². The molecule has 0 atom stereocenters. The van der Waals surface area contributed by atoms with Crippen molar-refractivity contribution in [2.24, 2.45) is 0 Å². The molecule has 1 aliphatic heterocycles. The number of hydrogen-bond acceptors (Lipinski definition) is 7. The maximum Gasteiger partial charge on any atom is 0.322 e. The van der Waals surface area contributed by atoms with Crippen molar-refractivity contribution in [2.75, 3.05) is 19.3 Å². The predicted molar refractivity (Wildman–Crippen MR) is 155 cm³/mol. The molecule has 1 N–H and O–H groups in total. The summed E-state index contributed by atoms with van der Waals surface area (Å²) in [7, 11) is -3.30. The Hall–Kier alpha value is -3.87. The summed E-state index contributed by atoms with van der Waals surface area (Å²) in [5.74, 6) is 0.459. The van der Waals surface area contributed by atoms with Crippen LogP contribution in [-0.4, -0.2) is 56.6 Å². The highest BCUT2D eigenvalue weighted by Gasteiger charge is 2.29. The Bertz CT molecular complexity index is 2000. The van der Waals surface area contributed by atoms with E-state index in [0.29, 0.717) is 59.5 Å². The number of rotatable bonds is 5. The SMILES string of the molecule is Cc1ccnc(Oc2ccc(-c3cc4c(cc3F)[nH]c(=O)c3nc(C)n(C5CCN(S(C)(=O)=O)CC5)c34)c(Cl)c2)n1. The molecule has 4 heterocycles. The van der Waals surface area contributed by atoms with Gasteiger partial charge in [0, 0.05) is 53.6 Å². The normalized spacial score (nSPS) is 15.1. The highest BCUT2D eigenvalue weighted by molar-refractivity contribution is 7.88. The van der Waals surface area contributed by atoms with Gasteiger partial charge in [0.15, 0.2) is 5.52 Å². The number of halogens is 2. The zero-order chi connectivity index (χ0) is 29.1. The third-order valence-corrected chi connectivity index (χ3v) is 9.00. The number of piperidine rings is 1. The van der Waals surface area contributed by atoms with Crippen molar-refractivity contribution in [1.29, 1.82) is 0 Å². The highest BCUT2D eigenvalue weighted by atomic mass is 35.5. The number of nitrogens with one attached hydrogen (secondary N) is 1. The van der Waals surface area contributed by atoms with Gasteiger partial charge >= 0.3 is 6.01 Å². The fourth-order valence-electron chi connectivity index (χ4n) is 5.46. The molecule has 1 fully saturated rings. The van der Waals surface area contributed by atoms with E-state index in [-0.39, 0.29) is 28.2 Å². The minimum absolute atomic E-state index is 0.0830. The molecule has 0 amide bonds. The van der Waals surface area contributed by atoms with Gasteiger partial charge in [-0.05, 0) is 57.0 Å². The summed E-state index contributed by atoms with van der Waals surface area (Å²) in [6.45, 7) is 4.36. The van der Waals surface area contributed by atoms with Crippen LogP contribution in [-0.2, 0) is 10.0 Å². The van der Waals surface area contributed by atoms with Gasteiger partial charge in [-0.25, -0.2) is 32.1 Å². The van der Waals surface area contributed by atoms with Gasteiger partial charge in [-0.1, -0.05) is 11.6 Å². The van der Waals surface area contributed by atoms with Crippen LogP contribution in [0, 0.1) is 19.7 Å². The van der Waals surface area contributed by atoms with E-state index in [4.69, 9.17) is 16.3 Å². The fourth-order valence-corrected chi connectivity index (χ4v) is 6.60. The van der Waals surface area contributed by atoms with Crippen LogP contribution in [0.5, 0.6) is 11.8 Å². The van der Waals surface area contributed by atoms with Crippen molar-refractivity contribution in [1.82, 2.24) is 28.8 Å². The second-order valence-electron chi connectivity index (χ2n) is 10.2. The molecule has 1 saturated heterocycles. The Morgan fingerprint density at radius 2 is 1.83 bits per heavy atom. The highest BCUT2D eigenvalue weighted by Crippen LogP contribution is 2.38. The van der Waals surface area contributed by atoms with Gasteiger partial charge in [0.05, 0.1) is 22.3 Å². The van der Waals surface area contributed by atoms with E-state index in [2.05, 4.69) is 19.9 Å². The Kier molecular flexibility index (Phi) is 6.79. The number of benzene rings is 2. The third kappa shape index (κ3) is 5.07. The number of imidazole rings is 1. The number of ether oxygens (including phenoxy) is 1. The average molecular weight is 597 g/mol. The monoisotopic (exact) mass is 596 g/mol. The van der Waals surface area contributed by atoms with Crippen molar-refractivity contribution < 1.29 is 17.5 Å². The van der Waals surface area contributed by atoms with Crippen LogP contribution in [0.1, 0.15) is 30.4 Å². The Morgan fingerprint density at radius 1 is 1.07 bits per heavy atom. The minimum atomic E-state index is -3.30. The number of aromatic nitrogens is 5. The van der Waals surface area contributed by atoms with E-state index in [1.165, 1.54) is 16.6 Å². The van der Waals surface area contributed by atoms with Crippen LogP contribution >= 0.6 is 11.6 Å². The minimum Gasteiger partial charge on any atom is -0.424 e. The van der Waals surface area contributed by atoms with Crippen molar-refractivity contribution in [3.63, 3.8) is 0 Å². The molecule has 6 rings (SSSR count). The first kappa shape index (κ1) is 27.3. The molecule has 13 heteroatoms. The molecule has 2 aromatic carbocycles. The van der Waals surface area contributed by atoms with E-state index in [9.17, 15) is 13.2 Å². The Labute approximate surface area is 239 Å². The van der Waals surface area contributed by atoms with Crippen LogP contribution in [0.25, 0.3) is 33.1 Å². The Morgan fingerprint density at radius 3 is 2.51 bits per heavy atom. The molecule has 0 radical (unpaired) electrons. The summed E-state index contributed by atoms with van der Waals surface area (Å²) >= 11 is 6.62. The fraction of sp³-hybridized carbons (Fsp3) is 0.286. The largest absolute Gasteiger partial charge is 0.424 e. The number of H-pyrrole nitrogens is 1. The van der Waals surface area contributed by atoms with Crippen molar-refractivity contribution >= 4 is 43.6 Å². The number of pyridine rings is 1. The second-order valence-corrected chi connectivity index (χ2v) is 12.6. The van der Waals surface area contributed by atoms with E-state index < -0.39 is 21.4 Å². The first-order valence-corrected chi connectivity index (χ1v) is 15.2. The maximum atomic E-state index is 15.5. The van der Waals surface area contributed by atoms with Gasteiger partial charge in [0.25, 0.3) is 5.56 Å². The maximum absolute atomic E-state index is 15.5. The van der Waals surface area contributed by atoms with Crippen LogP contribution in [0.3, 0.4) is 0 Å². The lowest BCUT2D eigenvalue weighted by atomic mass is 10.0. The number of sulfonamides is 1. The molecule has 0 bridgehead atoms. The van der Waals surface area contributed by atoms with Crippen LogP contribution in [0.4, 0.5) is 4.39 Å². The molecule has 5 aromatic rings. The summed E-state index contributed by atoms with van der Waals surface area (Å²) in [5.41, 5.74) is 2.15. The van der Waals surface area contributed by atoms with Gasteiger partial charge in [0.2, 0.25) is 10.0 Å². The van der Waals surface area contributed by atoms with Gasteiger partial charge in [-0.15, -0.1) is 0 Å². The first-order chi connectivity index (χ1) is 19.5. The van der Waals surface area contributed by atoms with Gasteiger partial charge in [-0.2, -0.15) is 0 Å². The average Bonchev–Trinajstić information content (AvgIpc) is 3.26. The smallest absolute Gasteiger partial charge is 0.322 e. The van der Waals surface area contributed by atoms with E-state index >= 15 is 4.39 Å². The van der Waals surface area contributed by atoms with Crippen LogP contribution in [0.15, 0.2) is 47.4 Å². The summed E-state index contributed by atoms with van der Waals surface area (Å²) < 4.78 is 48.7. The molecule has 41 heavy (non-hydrogen) atoms. The number of nitrogens with zero attached hydrogens (tertiary/aromatic N) is 5. The number of aryl methyl sites for hydroxylation is 2. The van der Waals surface area contributed by atoms with Crippen LogP contribution < -0.4 is 10.3 Å². The number of fused-ring (bicyclic) bond motifs is 3. The lowest BCUT2D eigenvalue weighted by Gasteiger charge is -2.32. The molecular weight excluding hydrogens is 571 g/mol. The molecule has 3 aromatic heterocycles. The first-order valence-electron chi connectivity index (χ1n) is 13.0. The van der Waals surface area contributed by atoms with Crippen LogP contribution in [0.2, 0.25) is 5.02 Å². The third-order valence-electron chi connectivity index (χ3n) is 7.38. The molecule has 0 aliphatic carbocycles. The van der Waals surface area contributed by atoms with E-state index in [1.807, 2.05) is 18.4 Å². The summed E-state index contributed by atoms with van der Waals surface area (Å²) in [6, 6.07) is 9.67. The van der Waals surface area contributed by atoms with Crippen molar-refractivity contribution in [3.05, 3.63) is 75.3 Å². The molecule has 212 valence electrons.